The first-order valence-electron chi connectivity index (χ1n) is 15.3. The molecular weight excluding hydrogens is 691 g/mol. The highest BCUT2D eigenvalue weighted by atomic mass is 35.5. The number of benzene rings is 2. The van der Waals surface area contributed by atoms with Gasteiger partial charge in [0.2, 0.25) is 5.76 Å². The number of hydrogen-bond donors (Lipinski definition) is 0. The number of fused-ring (bicyclic) bond motifs is 1. The second-order valence-corrected chi connectivity index (χ2v) is 14.0. The molecule has 1 saturated carbocycles. The molecule has 0 amide bonds. The zero-order valence-electron chi connectivity index (χ0n) is 26.8. The first-order valence-corrected chi connectivity index (χ1v) is 16.9. The van der Waals surface area contributed by atoms with Crippen LogP contribution >= 0.6 is 34.5 Å². The van der Waals surface area contributed by atoms with Crippen LogP contribution in [0.3, 0.4) is 0 Å². The number of halogens is 2. The Balaban J connectivity index is 1.29. The summed E-state index contributed by atoms with van der Waals surface area (Å²) in [6.07, 6.45) is 4.74. The van der Waals surface area contributed by atoms with Crippen LogP contribution in [0, 0.1) is 17.3 Å². The summed E-state index contributed by atoms with van der Waals surface area (Å²) >= 11 is 12.8. The maximum absolute atomic E-state index is 14.0. The third-order valence-electron chi connectivity index (χ3n) is 8.51. The van der Waals surface area contributed by atoms with Gasteiger partial charge in [0.05, 0.1) is 40.6 Å². The van der Waals surface area contributed by atoms with Crippen LogP contribution in [0.1, 0.15) is 55.4 Å². The lowest BCUT2D eigenvalue weighted by molar-refractivity contribution is -0.139. The van der Waals surface area contributed by atoms with Crippen molar-refractivity contribution in [1.82, 2.24) is 4.57 Å². The smallest absolute Gasteiger partial charge is 0.379 e. The van der Waals surface area contributed by atoms with E-state index in [4.69, 9.17) is 41.8 Å². The van der Waals surface area contributed by atoms with Gasteiger partial charge in [-0.2, -0.15) is 0 Å². The second kappa shape index (κ2) is 13.7. The molecule has 1 aliphatic heterocycles. The predicted molar refractivity (Wildman–Crippen MR) is 183 cm³/mol. The molecule has 6 rings (SSSR count). The number of carbonyl (C=O) groups is 3. The summed E-state index contributed by atoms with van der Waals surface area (Å²) in [5, 5.41) is 0. The number of carbonyl (C=O) groups excluding carboxylic acids is 3. The molecule has 49 heavy (non-hydrogen) atoms. The molecule has 2 aromatic heterocycles. The van der Waals surface area contributed by atoms with E-state index >= 15 is 0 Å². The zero-order chi connectivity index (χ0) is 35.0. The maximum Gasteiger partial charge on any atom is 0.379 e. The van der Waals surface area contributed by atoms with Crippen molar-refractivity contribution in [2.75, 3.05) is 6.61 Å². The van der Waals surface area contributed by atoms with Gasteiger partial charge in [0, 0.05) is 0 Å². The Morgan fingerprint density at radius 3 is 2.31 bits per heavy atom. The van der Waals surface area contributed by atoms with Gasteiger partial charge in [-0.05, 0) is 84.9 Å². The van der Waals surface area contributed by atoms with Crippen LogP contribution < -0.4 is 24.4 Å². The van der Waals surface area contributed by atoms with Crippen LogP contribution in [0.5, 0.6) is 11.5 Å². The van der Waals surface area contributed by atoms with Crippen molar-refractivity contribution in [3.63, 3.8) is 0 Å². The third kappa shape index (κ3) is 6.92. The Labute approximate surface area is 294 Å². The summed E-state index contributed by atoms with van der Waals surface area (Å²) < 4.78 is 23.5. The van der Waals surface area contributed by atoms with E-state index in [2.05, 4.69) is 4.99 Å². The van der Waals surface area contributed by atoms with Crippen molar-refractivity contribution < 1.29 is 33.0 Å². The lowest BCUT2D eigenvalue weighted by Gasteiger charge is -2.24. The first kappa shape index (κ1) is 34.2. The number of rotatable bonds is 9. The number of ether oxygens (including phenoxy) is 3. The SMILES string of the molecule is CCOC(=O)C1=C(C)N=c2s/c(=C/c3ccc(OC(=O)[C@@H]4[C@@H](C=C(Cl)Cl)C4(C)C)cc3)c(=O)n2[C@H]1c1ccc(OC(=O)c2ccco2)cc1. The number of hydrogen-bond acceptors (Lipinski definition) is 10. The maximum atomic E-state index is 14.0. The quantitative estimate of drug-likeness (QED) is 0.150. The van der Waals surface area contributed by atoms with Gasteiger partial charge in [0.25, 0.3) is 5.56 Å². The highest BCUT2D eigenvalue weighted by molar-refractivity contribution is 7.07. The van der Waals surface area contributed by atoms with Gasteiger partial charge in [-0.1, -0.05) is 72.7 Å². The Morgan fingerprint density at radius 2 is 1.67 bits per heavy atom. The molecule has 3 heterocycles. The highest BCUT2D eigenvalue weighted by Gasteiger charge is 2.61. The van der Waals surface area contributed by atoms with Crippen LogP contribution in [0.4, 0.5) is 0 Å². The molecule has 10 nitrogen and oxygen atoms in total. The molecule has 0 saturated heterocycles. The van der Waals surface area contributed by atoms with Gasteiger partial charge in [0.1, 0.15) is 16.0 Å². The van der Waals surface area contributed by atoms with E-state index in [9.17, 15) is 19.2 Å². The zero-order valence-corrected chi connectivity index (χ0v) is 29.1. The molecule has 4 aromatic rings. The third-order valence-corrected chi connectivity index (χ3v) is 9.75. The molecule has 1 fully saturated rings. The van der Waals surface area contributed by atoms with Gasteiger partial charge in [0.15, 0.2) is 4.80 Å². The summed E-state index contributed by atoms with van der Waals surface area (Å²) in [5.74, 6) is -1.45. The van der Waals surface area contributed by atoms with Crippen LogP contribution in [0.2, 0.25) is 0 Å². The average Bonchev–Trinajstić information content (AvgIpc) is 3.41. The fourth-order valence-electron chi connectivity index (χ4n) is 5.91. The summed E-state index contributed by atoms with van der Waals surface area (Å²) in [4.78, 5) is 57.4. The first-order chi connectivity index (χ1) is 23.4. The van der Waals surface area contributed by atoms with Crippen molar-refractivity contribution >= 4 is 58.5 Å². The van der Waals surface area contributed by atoms with E-state index in [1.807, 2.05) is 13.8 Å². The number of allylic oxidation sites excluding steroid dienone is 2. The lowest BCUT2D eigenvalue weighted by atomic mass is 9.96. The van der Waals surface area contributed by atoms with E-state index < -0.39 is 18.0 Å². The summed E-state index contributed by atoms with van der Waals surface area (Å²) in [5.41, 5.74) is 1.22. The Morgan fingerprint density at radius 1 is 1.00 bits per heavy atom. The molecule has 2 aromatic carbocycles. The Bertz CT molecular complexity index is 2180. The van der Waals surface area contributed by atoms with Crippen molar-refractivity contribution in [2.24, 2.45) is 22.2 Å². The van der Waals surface area contributed by atoms with Crippen molar-refractivity contribution in [1.29, 1.82) is 0 Å². The second-order valence-electron chi connectivity index (χ2n) is 12.0. The normalized spacial score (nSPS) is 19.4. The molecule has 0 bridgehead atoms. The van der Waals surface area contributed by atoms with Gasteiger partial charge in [-0.15, -0.1) is 0 Å². The monoisotopic (exact) mass is 720 g/mol. The van der Waals surface area contributed by atoms with Crippen molar-refractivity contribution in [2.45, 2.75) is 33.7 Å². The van der Waals surface area contributed by atoms with E-state index in [-0.39, 0.29) is 57.0 Å². The van der Waals surface area contributed by atoms with Crippen molar-refractivity contribution in [3.05, 3.63) is 125 Å². The van der Waals surface area contributed by atoms with Crippen LogP contribution in [0.25, 0.3) is 6.08 Å². The fourth-order valence-corrected chi connectivity index (χ4v) is 7.23. The molecule has 0 spiro atoms. The van der Waals surface area contributed by atoms with Gasteiger partial charge in [-0.25, -0.2) is 14.6 Å². The number of thiazole rings is 1. The van der Waals surface area contributed by atoms with E-state index in [0.29, 0.717) is 31.9 Å². The summed E-state index contributed by atoms with van der Waals surface area (Å²) in [6.45, 7) is 7.43. The number of aromatic nitrogens is 1. The van der Waals surface area contributed by atoms with Crippen LogP contribution in [-0.4, -0.2) is 29.1 Å². The van der Waals surface area contributed by atoms with Gasteiger partial charge >= 0.3 is 17.9 Å². The van der Waals surface area contributed by atoms with E-state index in [0.717, 1.165) is 0 Å². The highest BCUT2D eigenvalue weighted by Crippen LogP contribution is 2.60. The van der Waals surface area contributed by atoms with Crippen molar-refractivity contribution in [3.8, 4) is 11.5 Å². The molecule has 252 valence electrons. The van der Waals surface area contributed by atoms with Gasteiger partial charge < -0.3 is 18.6 Å². The molecule has 0 radical (unpaired) electrons. The van der Waals surface area contributed by atoms with Gasteiger partial charge in [-0.3, -0.25) is 14.2 Å². The minimum Gasteiger partial charge on any atom is -0.463 e. The number of furan rings is 1. The van der Waals surface area contributed by atoms with E-state index in [1.165, 1.54) is 28.2 Å². The minimum absolute atomic E-state index is 0.0528. The Kier molecular flexibility index (Phi) is 9.52. The van der Waals surface area contributed by atoms with Crippen LogP contribution in [0.15, 0.2) is 103 Å². The molecule has 0 N–H and O–H groups in total. The lowest BCUT2D eigenvalue weighted by Crippen LogP contribution is -2.39. The minimum atomic E-state index is -0.854. The number of esters is 3. The Hall–Kier alpha value is -4.71. The number of nitrogens with zero attached hydrogens (tertiary/aromatic N) is 2. The summed E-state index contributed by atoms with van der Waals surface area (Å²) in [7, 11) is 0. The average molecular weight is 722 g/mol. The fraction of sp³-hybridized carbons (Fsp3) is 0.250. The molecule has 13 heteroatoms. The molecule has 0 unspecified atom stereocenters. The topological polar surface area (TPSA) is 126 Å². The molecular formula is C36H30Cl2N2O8S. The largest absolute Gasteiger partial charge is 0.463 e. The molecule has 2 aliphatic rings. The standard InChI is InChI=1S/C36H30Cl2N2O8S/c1-5-45-33(43)28-19(2)39-35-40(30(28)21-10-14-23(15-11-21)47-32(42)25-7-6-16-46-25)31(41)26(49-35)17-20-8-12-22(13-9-20)48-34(44)29-24(18-27(37)38)36(29,3)4/h6-18,24,29-30H,5H2,1-4H3/b26-17+/t24-,29+,30+/m1/s1. The predicted octanol–water partition coefficient (Wildman–Crippen LogP) is 6.11. The molecule has 3 atom stereocenters. The summed E-state index contributed by atoms with van der Waals surface area (Å²) in [6, 6.07) is 15.5. The van der Waals surface area contributed by atoms with Crippen LogP contribution in [-0.2, 0) is 14.3 Å². The van der Waals surface area contributed by atoms with E-state index in [1.54, 1.807) is 80.6 Å². The molecule has 1 aliphatic carbocycles.